The van der Waals surface area contributed by atoms with Crippen molar-refractivity contribution in [3.05, 3.63) is 40.3 Å². The number of aliphatic hydroxyl groups excluding tert-OH is 1. The topological polar surface area (TPSA) is 74.9 Å². The Labute approximate surface area is 108 Å². The van der Waals surface area contributed by atoms with Crippen molar-refractivity contribution < 1.29 is 5.11 Å². The lowest BCUT2D eigenvalue weighted by molar-refractivity contribution is 0.177. The molecule has 0 aliphatic carbocycles. The Kier molecular flexibility index (Phi) is 3.61. The van der Waals surface area contributed by atoms with Gasteiger partial charge in [0.25, 0.3) is 0 Å². The van der Waals surface area contributed by atoms with E-state index in [-0.39, 0.29) is 6.54 Å². The van der Waals surface area contributed by atoms with Crippen molar-refractivity contribution in [3.8, 4) is 11.3 Å². The lowest BCUT2D eigenvalue weighted by atomic mass is 10.1. The molecule has 0 saturated heterocycles. The van der Waals surface area contributed by atoms with Gasteiger partial charge in [-0.1, -0.05) is 28.1 Å². The number of benzene rings is 1. The smallest absolute Gasteiger partial charge is 0.137 e. The molecule has 4 N–H and O–H groups in total. The van der Waals surface area contributed by atoms with Crippen molar-refractivity contribution in [2.75, 3.05) is 6.54 Å². The van der Waals surface area contributed by atoms with Gasteiger partial charge in [-0.3, -0.25) is 0 Å². The third-order valence-corrected chi connectivity index (χ3v) is 3.03. The summed E-state index contributed by atoms with van der Waals surface area (Å²) >= 11 is 3.43. The van der Waals surface area contributed by atoms with Crippen LogP contribution < -0.4 is 5.73 Å². The van der Waals surface area contributed by atoms with Crippen LogP contribution in [0.4, 0.5) is 0 Å². The van der Waals surface area contributed by atoms with Crippen LogP contribution in [0.5, 0.6) is 0 Å². The van der Waals surface area contributed by atoms with Crippen LogP contribution in [0.2, 0.25) is 0 Å². The van der Waals surface area contributed by atoms with E-state index in [0.29, 0.717) is 5.82 Å². The summed E-state index contributed by atoms with van der Waals surface area (Å²) in [5.41, 5.74) is 8.18. The van der Waals surface area contributed by atoms with E-state index in [0.717, 1.165) is 21.4 Å². The number of aliphatic hydroxyl groups is 1. The van der Waals surface area contributed by atoms with Gasteiger partial charge >= 0.3 is 0 Å². The molecule has 1 unspecified atom stereocenters. The number of rotatable bonds is 3. The van der Waals surface area contributed by atoms with Crippen LogP contribution in [0.15, 0.2) is 28.7 Å². The molecular weight excluding hydrogens is 282 g/mol. The summed E-state index contributed by atoms with van der Waals surface area (Å²) in [6, 6.07) is 7.88. The van der Waals surface area contributed by atoms with Gasteiger partial charge in [0.1, 0.15) is 11.9 Å². The minimum atomic E-state index is -0.741. The van der Waals surface area contributed by atoms with E-state index in [9.17, 15) is 5.11 Å². The standard InChI is InChI=1S/C12H14BrN3O/c1-7-11(8-3-2-4-9(13)5-8)16-12(15-7)10(17)6-14/h2-5,10,17H,6,14H2,1H3,(H,15,16). The van der Waals surface area contributed by atoms with Crippen LogP contribution in [0.1, 0.15) is 17.6 Å². The number of aromatic nitrogens is 2. The zero-order chi connectivity index (χ0) is 12.4. The first-order chi connectivity index (χ1) is 8.11. The monoisotopic (exact) mass is 295 g/mol. The summed E-state index contributed by atoms with van der Waals surface area (Å²) in [7, 11) is 0. The fourth-order valence-electron chi connectivity index (χ4n) is 1.67. The number of hydrogen-bond acceptors (Lipinski definition) is 3. The number of imidazole rings is 1. The van der Waals surface area contributed by atoms with Gasteiger partial charge in [0, 0.05) is 22.3 Å². The third kappa shape index (κ3) is 2.57. The number of H-pyrrole nitrogens is 1. The molecule has 5 heteroatoms. The highest BCUT2D eigenvalue weighted by molar-refractivity contribution is 9.10. The molecule has 1 atom stereocenters. The predicted octanol–water partition coefficient (Wildman–Crippen LogP) is 2.14. The lowest BCUT2D eigenvalue weighted by Crippen LogP contribution is -2.12. The summed E-state index contributed by atoms with van der Waals surface area (Å²) in [4.78, 5) is 7.44. The highest BCUT2D eigenvalue weighted by atomic mass is 79.9. The van der Waals surface area contributed by atoms with E-state index in [1.807, 2.05) is 31.2 Å². The molecule has 2 rings (SSSR count). The van der Waals surface area contributed by atoms with Crippen LogP contribution in [-0.4, -0.2) is 21.6 Å². The summed E-state index contributed by atoms with van der Waals surface area (Å²) < 4.78 is 0.998. The summed E-state index contributed by atoms with van der Waals surface area (Å²) in [6.45, 7) is 2.08. The molecule has 1 heterocycles. The summed E-state index contributed by atoms with van der Waals surface area (Å²) in [6.07, 6.45) is -0.741. The number of halogens is 1. The highest BCUT2D eigenvalue weighted by Gasteiger charge is 2.14. The van der Waals surface area contributed by atoms with E-state index in [1.165, 1.54) is 0 Å². The summed E-state index contributed by atoms with van der Waals surface area (Å²) in [5, 5.41) is 9.64. The van der Waals surface area contributed by atoms with Crippen LogP contribution in [0, 0.1) is 6.92 Å². The Balaban J connectivity index is 2.42. The van der Waals surface area contributed by atoms with Gasteiger partial charge in [-0.2, -0.15) is 0 Å². The third-order valence-electron chi connectivity index (χ3n) is 2.54. The molecule has 0 fully saturated rings. The predicted molar refractivity (Wildman–Crippen MR) is 70.5 cm³/mol. The minimum absolute atomic E-state index is 0.158. The van der Waals surface area contributed by atoms with Gasteiger partial charge in [-0.05, 0) is 19.1 Å². The normalized spacial score (nSPS) is 12.7. The zero-order valence-electron chi connectivity index (χ0n) is 9.44. The number of aromatic amines is 1. The SMILES string of the molecule is Cc1[nH]c(C(O)CN)nc1-c1cccc(Br)c1. The first kappa shape index (κ1) is 12.3. The molecule has 0 bridgehead atoms. The first-order valence-corrected chi connectivity index (χ1v) is 6.11. The van der Waals surface area contributed by atoms with Crippen molar-refractivity contribution in [1.82, 2.24) is 9.97 Å². The average molecular weight is 296 g/mol. The molecule has 1 aromatic carbocycles. The van der Waals surface area contributed by atoms with Gasteiger partial charge < -0.3 is 15.8 Å². The average Bonchev–Trinajstić information content (AvgIpc) is 2.70. The molecule has 0 saturated carbocycles. The molecule has 0 amide bonds. The van der Waals surface area contributed by atoms with Crippen LogP contribution >= 0.6 is 15.9 Å². The lowest BCUT2D eigenvalue weighted by Gasteiger charge is -2.01. The molecular formula is C12H14BrN3O. The maximum Gasteiger partial charge on any atom is 0.137 e. The fourth-order valence-corrected chi connectivity index (χ4v) is 2.07. The van der Waals surface area contributed by atoms with Crippen molar-refractivity contribution in [2.45, 2.75) is 13.0 Å². The van der Waals surface area contributed by atoms with E-state index in [1.54, 1.807) is 0 Å². The number of nitrogens with one attached hydrogen (secondary N) is 1. The number of nitrogens with two attached hydrogens (primary N) is 1. The number of aryl methyl sites for hydroxylation is 1. The number of nitrogens with zero attached hydrogens (tertiary/aromatic N) is 1. The van der Waals surface area contributed by atoms with Gasteiger partial charge in [0.15, 0.2) is 0 Å². The van der Waals surface area contributed by atoms with Gasteiger partial charge in [0.05, 0.1) is 5.69 Å². The second kappa shape index (κ2) is 5.00. The van der Waals surface area contributed by atoms with Gasteiger partial charge in [-0.25, -0.2) is 4.98 Å². The Hall–Kier alpha value is -1.17. The fraction of sp³-hybridized carbons (Fsp3) is 0.250. The van der Waals surface area contributed by atoms with E-state index >= 15 is 0 Å². The highest BCUT2D eigenvalue weighted by Crippen LogP contribution is 2.25. The quantitative estimate of drug-likeness (QED) is 0.812. The Bertz CT molecular complexity index is 524. The van der Waals surface area contributed by atoms with E-state index < -0.39 is 6.10 Å². The first-order valence-electron chi connectivity index (χ1n) is 5.32. The molecule has 4 nitrogen and oxygen atoms in total. The molecule has 2 aromatic rings. The maximum absolute atomic E-state index is 9.64. The van der Waals surface area contributed by atoms with Crippen molar-refractivity contribution in [2.24, 2.45) is 5.73 Å². The molecule has 0 spiro atoms. The van der Waals surface area contributed by atoms with Crippen LogP contribution in [-0.2, 0) is 0 Å². The summed E-state index contributed by atoms with van der Waals surface area (Å²) in [5.74, 6) is 0.514. The molecule has 17 heavy (non-hydrogen) atoms. The molecule has 0 radical (unpaired) electrons. The molecule has 90 valence electrons. The van der Waals surface area contributed by atoms with Gasteiger partial charge in [-0.15, -0.1) is 0 Å². The number of hydrogen-bond donors (Lipinski definition) is 3. The molecule has 1 aromatic heterocycles. The Morgan fingerprint density at radius 1 is 1.53 bits per heavy atom. The Morgan fingerprint density at radius 3 is 2.94 bits per heavy atom. The Morgan fingerprint density at radius 2 is 2.29 bits per heavy atom. The van der Waals surface area contributed by atoms with Crippen molar-refractivity contribution in [3.63, 3.8) is 0 Å². The largest absolute Gasteiger partial charge is 0.384 e. The molecule has 0 aliphatic rings. The van der Waals surface area contributed by atoms with E-state index in [4.69, 9.17) is 5.73 Å². The minimum Gasteiger partial charge on any atom is -0.384 e. The maximum atomic E-state index is 9.64. The van der Waals surface area contributed by atoms with Crippen molar-refractivity contribution >= 4 is 15.9 Å². The second-order valence-corrected chi connectivity index (χ2v) is 4.77. The van der Waals surface area contributed by atoms with Gasteiger partial charge in [0.2, 0.25) is 0 Å². The van der Waals surface area contributed by atoms with Crippen LogP contribution in [0.3, 0.4) is 0 Å². The second-order valence-electron chi connectivity index (χ2n) is 3.86. The van der Waals surface area contributed by atoms with E-state index in [2.05, 4.69) is 25.9 Å². The van der Waals surface area contributed by atoms with Crippen LogP contribution in [0.25, 0.3) is 11.3 Å². The molecule has 0 aliphatic heterocycles. The van der Waals surface area contributed by atoms with Crippen molar-refractivity contribution in [1.29, 1.82) is 0 Å². The zero-order valence-corrected chi connectivity index (χ0v) is 11.0.